The van der Waals surface area contributed by atoms with Gasteiger partial charge in [0.2, 0.25) is 11.8 Å². The third kappa shape index (κ3) is 3.77. The molecule has 33 heavy (non-hydrogen) atoms. The summed E-state index contributed by atoms with van der Waals surface area (Å²) in [7, 11) is 5.53. The second kappa shape index (κ2) is 8.57. The van der Waals surface area contributed by atoms with Gasteiger partial charge in [0.15, 0.2) is 9.54 Å². The van der Waals surface area contributed by atoms with Gasteiger partial charge >= 0.3 is 0 Å². The van der Waals surface area contributed by atoms with Crippen molar-refractivity contribution in [3.8, 4) is 11.8 Å². The fraction of sp³-hybridized carbons (Fsp3) is 0.263. The summed E-state index contributed by atoms with van der Waals surface area (Å²) in [5.41, 5.74) is -2.72. The van der Waals surface area contributed by atoms with Gasteiger partial charge < -0.3 is 10.2 Å². The molecule has 0 amide bonds. The maximum atomic E-state index is 13.3. The zero-order valence-electron chi connectivity index (χ0n) is 17.8. The first-order chi connectivity index (χ1) is 15.3. The molecule has 1 aromatic carbocycles. The minimum atomic E-state index is -1.50. The van der Waals surface area contributed by atoms with Gasteiger partial charge in [-0.1, -0.05) is 11.6 Å². The highest BCUT2D eigenvalue weighted by Gasteiger charge is 2.34. The van der Waals surface area contributed by atoms with Gasteiger partial charge in [0.05, 0.1) is 22.0 Å². The molecule has 11 nitrogen and oxygen atoms in total. The second-order valence-electron chi connectivity index (χ2n) is 7.28. The number of rotatable bonds is 4. The summed E-state index contributed by atoms with van der Waals surface area (Å²) in [5, 5.41) is 33.2. The minimum Gasteiger partial charge on any atom is -0.494 e. The van der Waals surface area contributed by atoms with E-state index in [0.29, 0.717) is 0 Å². The molecule has 0 radical (unpaired) electrons. The fourth-order valence-corrected chi connectivity index (χ4v) is 4.11. The van der Waals surface area contributed by atoms with Crippen molar-refractivity contribution in [3.05, 3.63) is 80.3 Å². The molecule has 0 saturated carbocycles. The smallest absolute Gasteiger partial charge is 0.269 e. The molecule has 0 saturated heterocycles. The Morgan fingerprint density at radius 2 is 1.33 bits per heavy atom. The fourth-order valence-electron chi connectivity index (χ4n) is 3.55. The molecule has 0 unspecified atom stereocenters. The molecule has 0 aliphatic carbocycles. The lowest BCUT2D eigenvalue weighted by Crippen LogP contribution is -2.33. The van der Waals surface area contributed by atoms with Crippen molar-refractivity contribution in [2.75, 3.05) is 0 Å². The van der Waals surface area contributed by atoms with E-state index in [1.54, 1.807) is 0 Å². The number of hydrogen-bond donors (Lipinski definition) is 2. The van der Waals surface area contributed by atoms with Crippen molar-refractivity contribution in [2.45, 2.75) is 5.92 Å². The number of benzene rings is 1. The molecule has 2 heterocycles. The zero-order valence-corrected chi connectivity index (χ0v) is 20.2. The van der Waals surface area contributed by atoms with Crippen LogP contribution in [-0.4, -0.2) is 33.4 Å². The Kier molecular flexibility index (Phi) is 6.33. The molecule has 3 aromatic rings. The van der Waals surface area contributed by atoms with Crippen LogP contribution in [0, 0.1) is 19.7 Å². The predicted molar refractivity (Wildman–Crippen MR) is 125 cm³/mol. The topological polar surface area (TPSA) is 137 Å². The first-order valence-corrected chi connectivity index (χ1v) is 10.4. The van der Waals surface area contributed by atoms with Gasteiger partial charge in [0, 0.05) is 45.3 Å². The van der Waals surface area contributed by atoms with Crippen molar-refractivity contribution >= 4 is 41.7 Å². The first kappa shape index (κ1) is 24.4. The monoisotopic (exact) mass is 511 g/mol. The minimum absolute atomic E-state index is 0.0197. The SMILES string of the molecule is Cn1c(O)c(C(c2cc([N+](=O)[O-])ccc2Cl)c2c(O)n(C)c(=S)n(C)c2=O)c(=O)n(C)c1=S. The molecule has 174 valence electrons. The number of nitrogens with zero attached hydrogens (tertiary/aromatic N) is 5. The standard InChI is InChI=1S/C19H18ClN5O6S2/c1-21-14(26)12(15(27)22(2)18(21)32)11(9-7-8(25(30)31)5-6-10(9)20)13-16(28)23(3)19(33)24(4)17(13)29/h5-7,11,26,28H,1-4H3. The van der Waals surface area contributed by atoms with Gasteiger partial charge in [0.1, 0.15) is 0 Å². The van der Waals surface area contributed by atoms with Crippen molar-refractivity contribution in [1.29, 1.82) is 0 Å². The van der Waals surface area contributed by atoms with E-state index in [0.717, 1.165) is 30.4 Å². The number of halogens is 1. The van der Waals surface area contributed by atoms with Gasteiger partial charge in [-0.15, -0.1) is 0 Å². The highest BCUT2D eigenvalue weighted by atomic mass is 35.5. The van der Waals surface area contributed by atoms with Crippen molar-refractivity contribution in [2.24, 2.45) is 28.2 Å². The molecule has 0 aliphatic rings. The molecule has 0 aliphatic heterocycles. The molecule has 0 spiro atoms. The van der Waals surface area contributed by atoms with Crippen LogP contribution in [0.5, 0.6) is 11.8 Å². The van der Waals surface area contributed by atoms with Crippen LogP contribution in [0.1, 0.15) is 22.6 Å². The van der Waals surface area contributed by atoms with Crippen molar-refractivity contribution in [1.82, 2.24) is 18.3 Å². The number of nitro groups is 1. The number of non-ortho nitro benzene ring substituents is 1. The van der Waals surface area contributed by atoms with E-state index in [1.165, 1.54) is 34.3 Å². The molecule has 2 N–H and O–H groups in total. The maximum absolute atomic E-state index is 13.3. The van der Waals surface area contributed by atoms with E-state index >= 15 is 0 Å². The Hall–Kier alpha value is -3.29. The van der Waals surface area contributed by atoms with E-state index in [1.807, 2.05) is 0 Å². The van der Waals surface area contributed by atoms with Crippen LogP contribution >= 0.6 is 36.0 Å². The Morgan fingerprint density at radius 3 is 1.73 bits per heavy atom. The van der Waals surface area contributed by atoms with Crippen molar-refractivity contribution in [3.63, 3.8) is 0 Å². The van der Waals surface area contributed by atoms with Gasteiger partial charge in [-0.3, -0.25) is 38.0 Å². The Morgan fingerprint density at radius 1 is 0.909 bits per heavy atom. The van der Waals surface area contributed by atoms with E-state index in [-0.39, 0.29) is 36.9 Å². The van der Waals surface area contributed by atoms with E-state index < -0.39 is 33.7 Å². The first-order valence-electron chi connectivity index (χ1n) is 9.22. The lowest BCUT2D eigenvalue weighted by atomic mass is 9.86. The Bertz CT molecular complexity index is 1480. The molecular weight excluding hydrogens is 494 g/mol. The molecule has 0 bridgehead atoms. The summed E-state index contributed by atoms with van der Waals surface area (Å²) in [6, 6.07) is 3.46. The molecule has 0 fully saturated rings. The Balaban J connectivity index is 2.65. The lowest BCUT2D eigenvalue weighted by molar-refractivity contribution is -0.384. The van der Waals surface area contributed by atoms with Crippen LogP contribution in [0.25, 0.3) is 0 Å². The largest absolute Gasteiger partial charge is 0.494 e. The molecule has 3 rings (SSSR count). The van der Waals surface area contributed by atoms with Crippen LogP contribution in [0.15, 0.2) is 27.8 Å². The van der Waals surface area contributed by atoms with E-state index in [4.69, 9.17) is 36.0 Å². The summed E-state index contributed by atoms with van der Waals surface area (Å²) in [6.07, 6.45) is 0. The summed E-state index contributed by atoms with van der Waals surface area (Å²) in [4.78, 5) is 37.3. The third-order valence-corrected chi connectivity index (χ3v) is 6.85. The summed E-state index contributed by atoms with van der Waals surface area (Å²) in [5.74, 6) is -2.69. The normalized spacial score (nSPS) is 11.2. The van der Waals surface area contributed by atoms with Gasteiger partial charge in [-0.25, -0.2) is 0 Å². The number of hydrogen-bond acceptors (Lipinski definition) is 8. The number of aromatic nitrogens is 4. The summed E-state index contributed by atoms with van der Waals surface area (Å²) >= 11 is 16.7. The number of aromatic hydroxyl groups is 2. The van der Waals surface area contributed by atoms with Crippen LogP contribution in [0.2, 0.25) is 5.02 Å². The zero-order chi connectivity index (χ0) is 24.9. The van der Waals surface area contributed by atoms with Crippen LogP contribution in [-0.2, 0) is 28.2 Å². The molecule has 14 heteroatoms. The highest BCUT2D eigenvalue weighted by molar-refractivity contribution is 7.71. The second-order valence-corrected chi connectivity index (χ2v) is 8.42. The predicted octanol–water partition coefficient (Wildman–Crippen LogP) is 2.37. The summed E-state index contributed by atoms with van der Waals surface area (Å²) in [6.45, 7) is 0. The Labute approximate surface area is 201 Å². The van der Waals surface area contributed by atoms with Gasteiger partial charge in [-0.05, 0) is 36.1 Å². The van der Waals surface area contributed by atoms with Crippen LogP contribution in [0.4, 0.5) is 5.69 Å². The molecule has 0 atom stereocenters. The molecule has 2 aromatic heterocycles. The maximum Gasteiger partial charge on any atom is 0.269 e. The van der Waals surface area contributed by atoms with Crippen LogP contribution in [0.3, 0.4) is 0 Å². The van der Waals surface area contributed by atoms with Gasteiger partial charge in [-0.2, -0.15) is 0 Å². The molecular formula is C19H18ClN5O6S2. The van der Waals surface area contributed by atoms with E-state index in [9.17, 15) is 29.9 Å². The van der Waals surface area contributed by atoms with Crippen molar-refractivity contribution < 1.29 is 15.1 Å². The third-order valence-electron chi connectivity index (χ3n) is 5.41. The lowest BCUT2D eigenvalue weighted by Gasteiger charge is -2.23. The van der Waals surface area contributed by atoms with Gasteiger partial charge in [0.25, 0.3) is 16.8 Å². The highest BCUT2D eigenvalue weighted by Crippen LogP contribution is 2.40. The average molecular weight is 512 g/mol. The van der Waals surface area contributed by atoms with Crippen LogP contribution < -0.4 is 11.1 Å². The number of nitro benzene ring substituents is 1. The summed E-state index contributed by atoms with van der Waals surface area (Å²) < 4.78 is 4.35. The quantitative estimate of drug-likeness (QED) is 0.309. The van der Waals surface area contributed by atoms with E-state index in [2.05, 4.69) is 0 Å². The average Bonchev–Trinajstić information content (AvgIpc) is 2.78.